The molecule has 3 heteroatoms. The molecule has 0 heterocycles. The highest BCUT2D eigenvalue weighted by atomic mass is 19.1. The topological polar surface area (TPSA) is 26.3 Å². The molecule has 0 aliphatic heterocycles. The van der Waals surface area contributed by atoms with Crippen LogP contribution in [0.5, 0.6) is 5.75 Å². The second kappa shape index (κ2) is 5.30. The van der Waals surface area contributed by atoms with E-state index >= 15 is 0 Å². The number of hydrogen-bond acceptors (Lipinski definition) is 2. The van der Waals surface area contributed by atoms with Crippen molar-refractivity contribution in [1.82, 2.24) is 0 Å². The standard InChI is InChI=1S/C14H17FO2/c1-17-13-9-8-10-11(14(13)15)6-4-2-3-5-7-12(10)16/h8-9H,2-7H2,1H3. The van der Waals surface area contributed by atoms with Crippen molar-refractivity contribution in [2.75, 3.05) is 7.11 Å². The molecule has 1 aliphatic rings. The van der Waals surface area contributed by atoms with Gasteiger partial charge in [0.2, 0.25) is 0 Å². The number of rotatable bonds is 1. The molecule has 2 nitrogen and oxygen atoms in total. The molecule has 17 heavy (non-hydrogen) atoms. The lowest BCUT2D eigenvalue weighted by Gasteiger charge is -2.11. The Bertz CT molecular complexity index is 426. The highest BCUT2D eigenvalue weighted by Gasteiger charge is 2.19. The number of hydrogen-bond donors (Lipinski definition) is 0. The molecule has 0 bridgehead atoms. The summed E-state index contributed by atoms with van der Waals surface area (Å²) in [5.41, 5.74) is 1.08. The van der Waals surface area contributed by atoms with Crippen LogP contribution < -0.4 is 4.74 Å². The fourth-order valence-electron chi connectivity index (χ4n) is 2.34. The van der Waals surface area contributed by atoms with E-state index in [1.54, 1.807) is 12.1 Å². The van der Waals surface area contributed by atoms with Crippen molar-refractivity contribution in [3.05, 3.63) is 29.1 Å². The van der Waals surface area contributed by atoms with Gasteiger partial charge in [0.1, 0.15) is 0 Å². The van der Waals surface area contributed by atoms with E-state index in [1.807, 2.05) is 0 Å². The fraction of sp³-hybridized carbons (Fsp3) is 0.500. The highest BCUT2D eigenvalue weighted by Crippen LogP contribution is 2.28. The first-order valence-corrected chi connectivity index (χ1v) is 6.12. The van der Waals surface area contributed by atoms with Gasteiger partial charge in [-0.25, -0.2) is 4.39 Å². The number of methoxy groups -OCH3 is 1. The Morgan fingerprint density at radius 2 is 1.82 bits per heavy atom. The Morgan fingerprint density at radius 1 is 1.12 bits per heavy atom. The van der Waals surface area contributed by atoms with Crippen LogP contribution in [0.15, 0.2) is 12.1 Å². The minimum atomic E-state index is -0.361. The van der Waals surface area contributed by atoms with E-state index in [9.17, 15) is 9.18 Å². The second-order valence-electron chi connectivity index (χ2n) is 4.45. The van der Waals surface area contributed by atoms with Gasteiger partial charge in [0, 0.05) is 17.5 Å². The van der Waals surface area contributed by atoms with Crippen molar-refractivity contribution in [3.63, 3.8) is 0 Å². The summed E-state index contributed by atoms with van der Waals surface area (Å²) in [5.74, 6) is -0.0699. The molecule has 0 saturated carbocycles. The normalized spacial score (nSPS) is 16.7. The van der Waals surface area contributed by atoms with Crippen LogP contribution in [0.4, 0.5) is 4.39 Å². The number of ketones is 1. The molecular weight excluding hydrogens is 219 g/mol. The third-order valence-corrected chi connectivity index (χ3v) is 3.31. The predicted molar refractivity (Wildman–Crippen MR) is 64.1 cm³/mol. The largest absolute Gasteiger partial charge is 0.494 e. The van der Waals surface area contributed by atoms with Gasteiger partial charge >= 0.3 is 0 Å². The number of Topliss-reactive ketones (excluding diaryl/α,β-unsaturated/α-hetero) is 1. The van der Waals surface area contributed by atoms with E-state index in [-0.39, 0.29) is 17.3 Å². The molecule has 0 radical (unpaired) electrons. The summed E-state index contributed by atoms with van der Waals surface area (Å²) in [7, 11) is 1.45. The Morgan fingerprint density at radius 3 is 2.53 bits per heavy atom. The number of fused-ring (bicyclic) bond motifs is 1. The van der Waals surface area contributed by atoms with Crippen LogP contribution in [-0.2, 0) is 6.42 Å². The van der Waals surface area contributed by atoms with Gasteiger partial charge in [0.25, 0.3) is 0 Å². The lowest BCUT2D eigenvalue weighted by Crippen LogP contribution is -2.06. The molecule has 1 aliphatic carbocycles. The molecule has 0 spiro atoms. The Kier molecular flexibility index (Phi) is 3.77. The van der Waals surface area contributed by atoms with Crippen molar-refractivity contribution in [2.45, 2.75) is 38.5 Å². The highest BCUT2D eigenvalue weighted by molar-refractivity contribution is 5.97. The molecule has 92 valence electrons. The van der Waals surface area contributed by atoms with Crippen molar-refractivity contribution >= 4 is 5.78 Å². The Hall–Kier alpha value is -1.38. The molecule has 0 amide bonds. The van der Waals surface area contributed by atoms with Crippen molar-refractivity contribution in [3.8, 4) is 5.75 Å². The zero-order valence-corrected chi connectivity index (χ0v) is 10.1. The summed E-state index contributed by atoms with van der Waals surface area (Å²) in [6.07, 6.45) is 5.11. The van der Waals surface area contributed by atoms with E-state index in [0.29, 0.717) is 24.0 Å². The van der Waals surface area contributed by atoms with Gasteiger partial charge in [-0.05, 0) is 31.4 Å². The molecule has 0 fully saturated rings. The monoisotopic (exact) mass is 236 g/mol. The first-order valence-electron chi connectivity index (χ1n) is 6.12. The van der Waals surface area contributed by atoms with Crippen LogP contribution >= 0.6 is 0 Å². The fourth-order valence-corrected chi connectivity index (χ4v) is 2.34. The maximum atomic E-state index is 14.1. The van der Waals surface area contributed by atoms with Gasteiger partial charge in [-0.3, -0.25) is 4.79 Å². The maximum absolute atomic E-state index is 14.1. The number of ether oxygens (including phenoxy) is 1. The van der Waals surface area contributed by atoms with E-state index in [0.717, 1.165) is 25.7 Å². The minimum Gasteiger partial charge on any atom is -0.494 e. The lowest BCUT2D eigenvalue weighted by molar-refractivity contribution is 0.0978. The SMILES string of the molecule is COc1ccc2c(c1F)CCCCCCC2=O. The predicted octanol–water partition coefficient (Wildman–Crippen LogP) is 3.52. The number of carbonyl (C=O) groups excluding carboxylic acids is 1. The number of halogens is 1. The molecule has 2 rings (SSSR count). The molecule has 1 aromatic rings. The van der Waals surface area contributed by atoms with Gasteiger partial charge < -0.3 is 4.74 Å². The zero-order chi connectivity index (χ0) is 12.3. The number of carbonyl (C=O) groups is 1. The Balaban J connectivity index is 2.45. The van der Waals surface area contributed by atoms with Gasteiger partial charge in [-0.15, -0.1) is 0 Å². The van der Waals surface area contributed by atoms with Crippen molar-refractivity contribution in [2.24, 2.45) is 0 Å². The average molecular weight is 236 g/mol. The van der Waals surface area contributed by atoms with Crippen LogP contribution in [0, 0.1) is 5.82 Å². The van der Waals surface area contributed by atoms with E-state index in [4.69, 9.17) is 4.74 Å². The first kappa shape index (κ1) is 12.1. The summed E-state index contributed by atoms with van der Waals surface area (Å²) in [6, 6.07) is 3.24. The summed E-state index contributed by atoms with van der Waals surface area (Å²) < 4.78 is 19.1. The Labute approximate surface area is 101 Å². The maximum Gasteiger partial charge on any atom is 0.168 e. The van der Waals surface area contributed by atoms with Crippen LogP contribution in [0.25, 0.3) is 0 Å². The van der Waals surface area contributed by atoms with E-state index in [1.165, 1.54) is 7.11 Å². The van der Waals surface area contributed by atoms with Crippen LogP contribution in [0.3, 0.4) is 0 Å². The van der Waals surface area contributed by atoms with Gasteiger partial charge in [-0.1, -0.05) is 12.8 Å². The zero-order valence-electron chi connectivity index (χ0n) is 10.1. The summed E-state index contributed by atoms with van der Waals surface area (Å²) in [4.78, 5) is 12.0. The molecule has 1 aromatic carbocycles. The van der Waals surface area contributed by atoms with Crippen LogP contribution in [-0.4, -0.2) is 12.9 Å². The summed E-state index contributed by atoms with van der Waals surface area (Å²) in [6.45, 7) is 0. The molecule has 0 unspecified atom stereocenters. The third-order valence-electron chi connectivity index (χ3n) is 3.31. The number of benzene rings is 1. The van der Waals surface area contributed by atoms with Crippen LogP contribution in [0.2, 0.25) is 0 Å². The molecular formula is C14H17FO2. The van der Waals surface area contributed by atoms with Crippen LogP contribution in [0.1, 0.15) is 48.0 Å². The summed E-state index contributed by atoms with van der Waals surface area (Å²) in [5, 5.41) is 0. The quantitative estimate of drug-likeness (QED) is 0.745. The van der Waals surface area contributed by atoms with E-state index < -0.39 is 0 Å². The van der Waals surface area contributed by atoms with Crippen molar-refractivity contribution in [1.29, 1.82) is 0 Å². The second-order valence-corrected chi connectivity index (χ2v) is 4.45. The minimum absolute atomic E-state index is 0.0588. The molecule has 0 N–H and O–H groups in total. The smallest absolute Gasteiger partial charge is 0.168 e. The third kappa shape index (κ3) is 2.48. The van der Waals surface area contributed by atoms with E-state index in [2.05, 4.69) is 0 Å². The van der Waals surface area contributed by atoms with Gasteiger partial charge in [0.05, 0.1) is 7.11 Å². The molecule has 0 atom stereocenters. The van der Waals surface area contributed by atoms with Gasteiger partial charge in [0.15, 0.2) is 17.3 Å². The first-order chi connectivity index (χ1) is 8.24. The average Bonchev–Trinajstić information content (AvgIpc) is 2.42. The molecule has 0 aromatic heterocycles. The van der Waals surface area contributed by atoms with Gasteiger partial charge in [-0.2, -0.15) is 0 Å². The summed E-state index contributed by atoms with van der Waals surface area (Å²) >= 11 is 0. The lowest BCUT2D eigenvalue weighted by atomic mass is 9.97. The van der Waals surface area contributed by atoms with Crippen molar-refractivity contribution < 1.29 is 13.9 Å². The molecule has 0 saturated heterocycles.